The van der Waals surface area contributed by atoms with Crippen molar-refractivity contribution in [1.29, 1.82) is 0 Å². The van der Waals surface area contributed by atoms with E-state index in [0.29, 0.717) is 24.2 Å². The van der Waals surface area contributed by atoms with Crippen molar-refractivity contribution in [3.8, 4) is 0 Å². The minimum atomic E-state index is -0.256. The van der Waals surface area contributed by atoms with E-state index in [9.17, 15) is 4.79 Å². The third kappa shape index (κ3) is 2.71. The van der Waals surface area contributed by atoms with E-state index in [0.717, 1.165) is 37.3 Å². The van der Waals surface area contributed by atoms with Crippen molar-refractivity contribution in [3.05, 3.63) is 34.3 Å². The molecule has 22 heavy (non-hydrogen) atoms. The quantitative estimate of drug-likeness (QED) is 0.850. The molecule has 1 aromatic heterocycles. The molecule has 0 spiro atoms. The van der Waals surface area contributed by atoms with Crippen LogP contribution in [0.3, 0.4) is 0 Å². The average Bonchev–Trinajstić information content (AvgIpc) is 3.14. The molecule has 1 saturated heterocycles. The summed E-state index contributed by atoms with van der Waals surface area (Å²) in [4.78, 5) is 14.6. The van der Waals surface area contributed by atoms with E-state index in [4.69, 9.17) is 9.15 Å². The van der Waals surface area contributed by atoms with Gasteiger partial charge < -0.3 is 9.15 Å². The summed E-state index contributed by atoms with van der Waals surface area (Å²) in [6, 6.07) is 6.51. The molecule has 1 aliphatic heterocycles. The van der Waals surface area contributed by atoms with Gasteiger partial charge in [-0.3, -0.25) is 9.47 Å². The fraction of sp³-hybridized carbons (Fsp3) is 0.588. The summed E-state index contributed by atoms with van der Waals surface area (Å²) >= 11 is 0. The third-order valence-corrected chi connectivity index (χ3v) is 4.73. The first-order valence-corrected chi connectivity index (χ1v) is 8.12. The van der Waals surface area contributed by atoms with Crippen LogP contribution in [0.1, 0.15) is 24.8 Å². The van der Waals surface area contributed by atoms with Crippen molar-refractivity contribution in [3.63, 3.8) is 0 Å². The number of nitrogens with zero attached hydrogens (tertiary/aromatic N) is 2. The van der Waals surface area contributed by atoms with Crippen molar-refractivity contribution < 1.29 is 9.15 Å². The zero-order valence-electron chi connectivity index (χ0n) is 13.0. The number of hydrogen-bond donors (Lipinski definition) is 0. The second-order valence-electron chi connectivity index (χ2n) is 6.64. The molecule has 118 valence electrons. The van der Waals surface area contributed by atoms with Gasteiger partial charge >= 0.3 is 5.76 Å². The Morgan fingerprint density at radius 3 is 2.91 bits per heavy atom. The maximum Gasteiger partial charge on any atom is 0.421 e. The second-order valence-corrected chi connectivity index (χ2v) is 6.64. The molecule has 2 aromatic rings. The maximum atomic E-state index is 12.2. The molecule has 0 N–H and O–H groups in total. The monoisotopic (exact) mass is 302 g/mol. The summed E-state index contributed by atoms with van der Waals surface area (Å²) in [5.41, 5.74) is 2.72. The molecule has 2 heterocycles. The number of ether oxygens (including phenoxy) is 1. The highest BCUT2D eigenvalue weighted by atomic mass is 16.5. The summed E-state index contributed by atoms with van der Waals surface area (Å²) in [6.07, 6.45) is 3.59. The lowest BCUT2D eigenvalue weighted by Crippen LogP contribution is -2.36. The van der Waals surface area contributed by atoms with E-state index in [1.807, 2.05) is 25.1 Å². The molecule has 1 aliphatic carbocycles. The molecule has 0 radical (unpaired) electrons. The standard InChI is InChI=1S/C17H22N2O3/c1-12-2-5-16-15(8-12)19(17(20)22-16)11-18(14-3-4-14)9-13-6-7-21-10-13/h2,5,8,13-14H,3-4,6-7,9-11H2,1H3/t13-/m0/s1. The van der Waals surface area contributed by atoms with E-state index in [-0.39, 0.29) is 5.76 Å². The lowest BCUT2D eigenvalue weighted by molar-refractivity contribution is 0.145. The van der Waals surface area contributed by atoms with E-state index >= 15 is 0 Å². The van der Waals surface area contributed by atoms with Crippen LogP contribution in [-0.2, 0) is 11.4 Å². The van der Waals surface area contributed by atoms with Crippen LogP contribution < -0.4 is 5.76 Å². The first-order chi connectivity index (χ1) is 10.7. The van der Waals surface area contributed by atoms with Gasteiger partial charge in [0, 0.05) is 19.2 Å². The maximum absolute atomic E-state index is 12.2. The smallest absolute Gasteiger partial charge is 0.408 e. The molecule has 0 amide bonds. The number of fused-ring (bicyclic) bond motifs is 1. The number of benzene rings is 1. The number of oxazole rings is 1. The van der Waals surface area contributed by atoms with Gasteiger partial charge in [-0.25, -0.2) is 4.79 Å². The Morgan fingerprint density at radius 2 is 2.18 bits per heavy atom. The van der Waals surface area contributed by atoms with Gasteiger partial charge in [-0.05, 0) is 49.8 Å². The Bertz CT molecular complexity index is 723. The summed E-state index contributed by atoms with van der Waals surface area (Å²) in [7, 11) is 0. The first kappa shape index (κ1) is 14.0. The van der Waals surface area contributed by atoms with Crippen LogP contribution in [0, 0.1) is 12.8 Å². The topological polar surface area (TPSA) is 47.6 Å². The molecule has 1 saturated carbocycles. The first-order valence-electron chi connectivity index (χ1n) is 8.12. The van der Waals surface area contributed by atoms with E-state index in [2.05, 4.69) is 4.90 Å². The van der Waals surface area contributed by atoms with Crippen LogP contribution in [0.25, 0.3) is 11.1 Å². The van der Waals surface area contributed by atoms with Crippen LogP contribution in [0.5, 0.6) is 0 Å². The van der Waals surface area contributed by atoms with E-state index < -0.39 is 0 Å². The summed E-state index contributed by atoms with van der Waals surface area (Å²) < 4.78 is 12.6. The van der Waals surface area contributed by atoms with Crippen LogP contribution in [0.4, 0.5) is 0 Å². The highest BCUT2D eigenvalue weighted by molar-refractivity contribution is 5.73. The zero-order valence-corrected chi connectivity index (χ0v) is 13.0. The van der Waals surface area contributed by atoms with Crippen molar-refractivity contribution >= 4 is 11.1 Å². The predicted molar refractivity (Wildman–Crippen MR) is 83.9 cm³/mol. The van der Waals surface area contributed by atoms with Crippen molar-refractivity contribution in [1.82, 2.24) is 9.47 Å². The van der Waals surface area contributed by atoms with Gasteiger partial charge in [-0.2, -0.15) is 0 Å². The second kappa shape index (κ2) is 5.56. The summed E-state index contributed by atoms with van der Waals surface area (Å²) in [5.74, 6) is 0.338. The van der Waals surface area contributed by atoms with Crippen LogP contribution in [0.2, 0.25) is 0 Å². The fourth-order valence-electron chi connectivity index (χ4n) is 3.31. The van der Waals surface area contributed by atoms with Gasteiger partial charge in [-0.15, -0.1) is 0 Å². The largest absolute Gasteiger partial charge is 0.421 e. The SMILES string of the molecule is Cc1ccc2oc(=O)n(CN(C[C@@H]3CCOC3)C3CC3)c2c1. The van der Waals surface area contributed by atoms with Crippen molar-refractivity contribution in [2.75, 3.05) is 19.8 Å². The Labute approximate surface area is 129 Å². The molecule has 1 aromatic carbocycles. The van der Waals surface area contributed by atoms with Crippen LogP contribution >= 0.6 is 0 Å². The molecular formula is C17H22N2O3. The molecular weight excluding hydrogens is 280 g/mol. The molecule has 1 atom stereocenters. The van der Waals surface area contributed by atoms with Gasteiger partial charge in [0.2, 0.25) is 0 Å². The zero-order chi connectivity index (χ0) is 15.1. The van der Waals surface area contributed by atoms with Crippen LogP contribution in [0.15, 0.2) is 27.4 Å². The Morgan fingerprint density at radius 1 is 1.32 bits per heavy atom. The van der Waals surface area contributed by atoms with E-state index in [1.54, 1.807) is 4.57 Å². The minimum Gasteiger partial charge on any atom is -0.408 e. The van der Waals surface area contributed by atoms with Gasteiger partial charge in [0.1, 0.15) is 0 Å². The minimum absolute atomic E-state index is 0.256. The third-order valence-electron chi connectivity index (χ3n) is 4.73. The molecule has 0 unspecified atom stereocenters. The molecule has 5 heteroatoms. The van der Waals surface area contributed by atoms with Gasteiger partial charge in [-0.1, -0.05) is 6.07 Å². The summed E-state index contributed by atoms with van der Waals surface area (Å²) in [5, 5.41) is 0. The molecule has 5 nitrogen and oxygen atoms in total. The Balaban J connectivity index is 1.61. The Hall–Kier alpha value is -1.59. The molecule has 2 fully saturated rings. The number of hydrogen-bond acceptors (Lipinski definition) is 4. The number of aryl methyl sites for hydroxylation is 1. The van der Waals surface area contributed by atoms with E-state index in [1.165, 1.54) is 12.8 Å². The van der Waals surface area contributed by atoms with Gasteiger partial charge in [0.25, 0.3) is 0 Å². The molecule has 0 bridgehead atoms. The lowest BCUT2D eigenvalue weighted by Gasteiger charge is -2.24. The molecule has 2 aliphatic rings. The van der Waals surface area contributed by atoms with Crippen LogP contribution in [-0.4, -0.2) is 35.3 Å². The average molecular weight is 302 g/mol. The number of aromatic nitrogens is 1. The van der Waals surface area contributed by atoms with Gasteiger partial charge in [0.15, 0.2) is 5.58 Å². The van der Waals surface area contributed by atoms with Gasteiger partial charge in [0.05, 0.1) is 18.8 Å². The molecule has 4 rings (SSSR count). The number of rotatable bonds is 5. The van der Waals surface area contributed by atoms with Crippen molar-refractivity contribution in [2.45, 2.75) is 38.9 Å². The lowest BCUT2D eigenvalue weighted by atomic mass is 10.1. The van der Waals surface area contributed by atoms with Crippen molar-refractivity contribution in [2.24, 2.45) is 5.92 Å². The highest BCUT2D eigenvalue weighted by Gasteiger charge is 2.32. The fourth-order valence-corrected chi connectivity index (χ4v) is 3.31. The summed E-state index contributed by atoms with van der Waals surface area (Å²) in [6.45, 7) is 5.39. The Kier molecular flexibility index (Phi) is 3.54. The highest BCUT2D eigenvalue weighted by Crippen LogP contribution is 2.30. The predicted octanol–water partition coefficient (Wildman–Crippen LogP) is 2.36. The normalized spacial score (nSPS) is 22.0.